The van der Waals surface area contributed by atoms with Crippen LogP contribution in [-0.4, -0.2) is 53.5 Å². The van der Waals surface area contributed by atoms with E-state index < -0.39 is 11.6 Å². The number of aryl methyl sites for hydroxylation is 1. The van der Waals surface area contributed by atoms with Crippen LogP contribution in [0.15, 0.2) is 48.7 Å². The highest BCUT2D eigenvalue weighted by atomic mass is 35.5. The minimum Gasteiger partial charge on any atom is -0.497 e. The molecule has 2 amide bonds. The third-order valence-corrected chi connectivity index (χ3v) is 8.08. The number of carbonyl (C=O) groups is 2. The van der Waals surface area contributed by atoms with Gasteiger partial charge in [0.15, 0.2) is 0 Å². The third-order valence-electron chi connectivity index (χ3n) is 8.08. The lowest BCUT2D eigenvalue weighted by molar-refractivity contribution is -0.138. The number of nitrogens with one attached hydrogen (secondary N) is 2. The molecule has 37 heavy (non-hydrogen) atoms. The quantitative estimate of drug-likeness (QED) is 0.455. The Balaban J connectivity index is 0.00000320. The van der Waals surface area contributed by atoms with Gasteiger partial charge in [0.1, 0.15) is 11.8 Å². The van der Waals surface area contributed by atoms with E-state index in [1.54, 1.807) is 21.0 Å². The van der Waals surface area contributed by atoms with E-state index in [1.807, 2.05) is 29.3 Å². The van der Waals surface area contributed by atoms with E-state index in [1.165, 1.54) is 11.1 Å². The minimum atomic E-state index is -1.08. The third kappa shape index (κ3) is 5.20. The zero-order valence-corrected chi connectivity index (χ0v) is 22.6. The molecule has 2 aliphatic rings. The molecule has 3 aromatic rings. The normalized spacial score (nSPS) is 17.2. The standard InChI is InChI=1S/C29H36N4O3.ClH/c1-28(2,30)27(35)32-25(16-20-18-31-24-9-8-21(36-3)17-22(20)24)26(34)33-14-12-29(13-15-33)11-10-19-6-4-5-7-23(19)29;/h4-9,17-18,25,31H,10-16,30H2,1-3H3,(H,32,35);1H. The van der Waals surface area contributed by atoms with Gasteiger partial charge in [-0.3, -0.25) is 9.59 Å². The van der Waals surface area contributed by atoms with Gasteiger partial charge in [-0.15, -0.1) is 12.4 Å². The number of likely N-dealkylation sites (tertiary alicyclic amines) is 1. The fourth-order valence-corrected chi connectivity index (χ4v) is 5.88. The second-order valence-corrected chi connectivity index (χ2v) is 10.9. The number of aromatic amines is 1. The molecule has 0 saturated carbocycles. The van der Waals surface area contributed by atoms with Gasteiger partial charge in [0.05, 0.1) is 12.6 Å². The Kier molecular flexibility index (Phi) is 7.58. The van der Waals surface area contributed by atoms with E-state index in [4.69, 9.17) is 10.5 Å². The molecular formula is C29H37ClN4O3. The summed E-state index contributed by atoms with van der Waals surface area (Å²) in [4.78, 5) is 31.9. The topological polar surface area (TPSA) is 100 Å². The zero-order valence-electron chi connectivity index (χ0n) is 21.8. The predicted molar refractivity (Wildman–Crippen MR) is 148 cm³/mol. The van der Waals surface area contributed by atoms with Crippen molar-refractivity contribution in [3.8, 4) is 5.75 Å². The van der Waals surface area contributed by atoms with Crippen LogP contribution in [0.25, 0.3) is 10.9 Å². The molecule has 8 heteroatoms. The van der Waals surface area contributed by atoms with Crippen LogP contribution < -0.4 is 15.8 Å². The van der Waals surface area contributed by atoms with Crippen molar-refractivity contribution in [2.45, 2.75) is 62.9 Å². The number of aromatic nitrogens is 1. The zero-order chi connectivity index (χ0) is 25.5. The number of rotatable bonds is 6. The molecule has 4 N–H and O–H groups in total. The van der Waals surface area contributed by atoms with Crippen LogP contribution in [0, 0.1) is 0 Å². The summed E-state index contributed by atoms with van der Waals surface area (Å²) in [6.45, 7) is 4.69. The smallest absolute Gasteiger partial charge is 0.245 e. The lowest BCUT2D eigenvalue weighted by atomic mass is 9.73. The molecule has 0 radical (unpaired) electrons. The van der Waals surface area contributed by atoms with E-state index in [9.17, 15) is 9.59 Å². The summed E-state index contributed by atoms with van der Waals surface area (Å²) >= 11 is 0. The van der Waals surface area contributed by atoms with Gasteiger partial charge in [-0.25, -0.2) is 0 Å². The first-order valence-electron chi connectivity index (χ1n) is 12.8. The molecule has 1 atom stereocenters. The van der Waals surface area contributed by atoms with Crippen molar-refractivity contribution in [2.75, 3.05) is 20.2 Å². The summed E-state index contributed by atoms with van der Waals surface area (Å²) < 4.78 is 5.40. The number of fused-ring (bicyclic) bond motifs is 3. The number of hydrogen-bond acceptors (Lipinski definition) is 4. The summed E-state index contributed by atoms with van der Waals surface area (Å²) in [6.07, 6.45) is 6.43. The molecule has 1 unspecified atom stereocenters. The fraction of sp³-hybridized carbons (Fsp3) is 0.448. The van der Waals surface area contributed by atoms with Crippen LogP contribution in [-0.2, 0) is 27.8 Å². The van der Waals surface area contributed by atoms with E-state index in [2.05, 4.69) is 34.6 Å². The van der Waals surface area contributed by atoms with Crippen LogP contribution in [0.2, 0.25) is 0 Å². The van der Waals surface area contributed by atoms with Gasteiger partial charge in [0, 0.05) is 36.6 Å². The Morgan fingerprint density at radius 2 is 1.89 bits per heavy atom. The van der Waals surface area contributed by atoms with Crippen molar-refractivity contribution in [1.29, 1.82) is 0 Å². The van der Waals surface area contributed by atoms with E-state index in [-0.39, 0.29) is 29.6 Å². The number of H-pyrrole nitrogens is 1. The van der Waals surface area contributed by atoms with Crippen LogP contribution in [0.3, 0.4) is 0 Å². The van der Waals surface area contributed by atoms with Gasteiger partial charge in [-0.2, -0.15) is 0 Å². The summed E-state index contributed by atoms with van der Waals surface area (Å²) in [5.74, 6) is 0.360. The number of carbonyl (C=O) groups excluding carboxylic acids is 2. The second kappa shape index (κ2) is 10.4. The summed E-state index contributed by atoms with van der Waals surface area (Å²) in [5, 5.41) is 3.94. The summed E-state index contributed by atoms with van der Waals surface area (Å²) in [5.41, 5.74) is 9.97. The van der Waals surface area contributed by atoms with Crippen molar-refractivity contribution in [3.05, 3.63) is 65.4 Å². The Labute approximate surface area is 224 Å². The number of halogens is 1. The van der Waals surface area contributed by atoms with Crippen LogP contribution in [0.1, 0.15) is 49.8 Å². The molecule has 1 aliphatic carbocycles. The number of ether oxygens (including phenoxy) is 1. The second-order valence-electron chi connectivity index (χ2n) is 10.9. The van der Waals surface area contributed by atoms with Crippen molar-refractivity contribution in [2.24, 2.45) is 5.73 Å². The van der Waals surface area contributed by atoms with Crippen molar-refractivity contribution < 1.29 is 14.3 Å². The highest BCUT2D eigenvalue weighted by molar-refractivity contribution is 5.92. The minimum absolute atomic E-state index is 0. The number of piperidine rings is 1. The van der Waals surface area contributed by atoms with Crippen molar-refractivity contribution in [1.82, 2.24) is 15.2 Å². The first kappa shape index (κ1) is 27.0. The molecule has 1 spiro atoms. The summed E-state index contributed by atoms with van der Waals surface area (Å²) in [7, 11) is 1.63. The molecule has 1 aromatic heterocycles. The number of nitrogens with two attached hydrogens (primary N) is 1. The van der Waals surface area contributed by atoms with Crippen LogP contribution in [0.5, 0.6) is 5.75 Å². The van der Waals surface area contributed by atoms with Gasteiger partial charge in [-0.05, 0) is 79.8 Å². The first-order valence-corrected chi connectivity index (χ1v) is 12.8. The molecule has 1 fully saturated rings. The number of hydrogen-bond donors (Lipinski definition) is 3. The molecular weight excluding hydrogens is 488 g/mol. The van der Waals surface area contributed by atoms with Gasteiger partial charge >= 0.3 is 0 Å². The van der Waals surface area contributed by atoms with Crippen molar-refractivity contribution in [3.63, 3.8) is 0 Å². The Morgan fingerprint density at radius 3 is 2.59 bits per heavy atom. The number of methoxy groups -OCH3 is 1. The fourth-order valence-electron chi connectivity index (χ4n) is 5.88. The highest BCUT2D eigenvalue weighted by Crippen LogP contribution is 2.46. The van der Waals surface area contributed by atoms with Gasteiger partial charge in [0.2, 0.25) is 11.8 Å². The lowest BCUT2D eigenvalue weighted by Gasteiger charge is -2.41. The van der Waals surface area contributed by atoms with E-state index in [0.29, 0.717) is 19.5 Å². The number of amides is 2. The maximum absolute atomic E-state index is 13.8. The molecule has 7 nitrogen and oxygen atoms in total. The molecule has 2 heterocycles. The average Bonchev–Trinajstić information content (AvgIpc) is 3.44. The number of nitrogens with zero attached hydrogens (tertiary/aromatic N) is 1. The Morgan fingerprint density at radius 1 is 1.16 bits per heavy atom. The lowest BCUT2D eigenvalue weighted by Crippen LogP contribution is -2.58. The predicted octanol–water partition coefficient (Wildman–Crippen LogP) is 3.87. The SMILES string of the molecule is COc1ccc2[nH]cc(CC(NC(=O)C(C)(C)N)C(=O)N3CCC4(CCc5ccccc54)CC3)c2c1.Cl. The van der Waals surface area contributed by atoms with E-state index in [0.717, 1.165) is 47.9 Å². The highest BCUT2D eigenvalue weighted by Gasteiger charge is 2.42. The number of benzene rings is 2. The van der Waals surface area contributed by atoms with E-state index >= 15 is 0 Å². The maximum atomic E-state index is 13.8. The molecule has 5 rings (SSSR count). The van der Waals surface area contributed by atoms with Gasteiger partial charge in [-0.1, -0.05) is 24.3 Å². The molecule has 2 aromatic carbocycles. The molecule has 1 aliphatic heterocycles. The maximum Gasteiger partial charge on any atom is 0.245 e. The van der Waals surface area contributed by atoms with Gasteiger partial charge < -0.3 is 25.7 Å². The molecule has 1 saturated heterocycles. The summed E-state index contributed by atoms with van der Waals surface area (Å²) in [6, 6.07) is 13.8. The molecule has 0 bridgehead atoms. The first-order chi connectivity index (χ1) is 17.2. The average molecular weight is 525 g/mol. The van der Waals surface area contributed by atoms with Crippen LogP contribution >= 0.6 is 12.4 Å². The molecule has 198 valence electrons. The van der Waals surface area contributed by atoms with Crippen molar-refractivity contribution >= 4 is 35.1 Å². The largest absolute Gasteiger partial charge is 0.497 e. The van der Waals surface area contributed by atoms with Gasteiger partial charge in [0.25, 0.3) is 0 Å². The van der Waals surface area contributed by atoms with Crippen LogP contribution in [0.4, 0.5) is 0 Å². The monoisotopic (exact) mass is 524 g/mol. The Hall–Kier alpha value is -3.03. The Bertz CT molecular complexity index is 1290.